The fourth-order valence-corrected chi connectivity index (χ4v) is 2.46. The molecule has 0 atom stereocenters. The van der Waals surface area contributed by atoms with Crippen molar-refractivity contribution < 1.29 is 0 Å². The van der Waals surface area contributed by atoms with Crippen molar-refractivity contribution in [3.8, 4) is 0 Å². The highest BCUT2D eigenvalue weighted by molar-refractivity contribution is 5.85. The molecule has 0 unspecified atom stereocenters. The lowest BCUT2D eigenvalue weighted by atomic mass is 10.0. The molecule has 0 fully saturated rings. The molecule has 116 valence electrons. The van der Waals surface area contributed by atoms with Gasteiger partial charge in [0.05, 0.1) is 0 Å². The molecule has 2 heteroatoms. The van der Waals surface area contributed by atoms with Gasteiger partial charge in [-0.25, -0.2) is 0 Å². The Bertz CT molecular complexity index is 298. The van der Waals surface area contributed by atoms with Crippen LogP contribution in [0.1, 0.15) is 56.9 Å². The molecule has 0 saturated carbocycles. The van der Waals surface area contributed by atoms with Crippen LogP contribution in [0.25, 0.3) is 0 Å². The SMILES string of the molecule is CN(C)CCCCCCCCCCc1ccccc1.Cl. The summed E-state index contributed by atoms with van der Waals surface area (Å²) in [7, 11) is 4.32. The lowest BCUT2D eigenvalue weighted by Gasteiger charge is -2.08. The highest BCUT2D eigenvalue weighted by Gasteiger charge is 1.95. The molecule has 0 N–H and O–H groups in total. The Morgan fingerprint density at radius 3 is 1.75 bits per heavy atom. The minimum absolute atomic E-state index is 0. The maximum atomic E-state index is 2.28. The molecule has 0 aliphatic rings. The normalized spacial score (nSPS) is 10.6. The number of hydrogen-bond acceptors (Lipinski definition) is 1. The molecule has 0 amide bonds. The molecule has 0 saturated heterocycles. The summed E-state index contributed by atoms with van der Waals surface area (Å²) >= 11 is 0. The third-order valence-corrected chi connectivity index (χ3v) is 3.66. The number of hydrogen-bond donors (Lipinski definition) is 0. The van der Waals surface area contributed by atoms with E-state index >= 15 is 0 Å². The number of aryl methyl sites for hydroxylation is 1. The Morgan fingerprint density at radius 1 is 0.700 bits per heavy atom. The molecule has 0 aliphatic carbocycles. The van der Waals surface area contributed by atoms with Crippen molar-refractivity contribution in [2.24, 2.45) is 0 Å². The fourth-order valence-electron chi connectivity index (χ4n) is 2.46. The Hall–Kier alpha value is -0.530. The molecule has 0 heterocycles. The molecule has 0 bridgehead atoms. The summed E-state index contributed by atoms with van der Waals surface area (Å²) in [4.78, 5) is 2.28. The zero-order chi connectivity index (χ0) is 13.8. The van der Waals surface area contributed by atoms with Crippen LogP contribution in [0.15, 0.2) is 30.3 Å². The van der Waals surface area contributed by atoms with E-state index in [9.17, 15) is 0 Å². The van der Waals surface area contributed by atoms with Crippen molar-refractivity contribution in [3.05, 3.63) is 35.9 Å². The minimum atomic E-state index is 0. The van der Waals surface area contributed by atoms with Crippen LogP contribution in [0, 0.1) is 0 Å². The van der Waals surface area contributed by atoms with Gasteiger partial charge in [0.2, 0.25) is 0 Å². The van der Waals surface area contributed by atoms with Crippen LogP contribution < -0.4 is 0 Å². The van der Waals surface area contributed by atoms with E-state index in [1.165, 1.54) is 69.9 Å². The van der Waals surface area contributed by atoms with Gasteiger partial charge < -0.3 is 4.90 Å². The van der Waals surface area contributed by atoms with Gasteiger partial charge in [0.25, 0.3) is 0 Å². The molecule has 0 aromatic heterocycles. The number of halogens is 1. The second-order valence-electron chi connectivity index (χ2n) is 5.87. The van der Waals surface area contributed by atoms with E-state index in [2.05, 4.69) is 49.3 Å². The predicted molar refractivity (Wildman–Crippen MR) is 92.9 cm³/mol. The van der Waals surface area contributed by atoms with Gasteiger partial charge in [0, 0.05) is 0 Å². The van der Waals surface area contributed by atoms with E-state index in [-0.39, 0.29) is 12.4 Å². The average molecular weight is 298 g/mol. The smallest absolute Gasteiger partial charge is 0.00248 e. The van der Waals surface area contributed by atoms with E-state index in [0.717, 1.165) is 0 Å². The number of nitrogens with zero attached hydrogens (tertiary/aromatic N) is 1. The summed E-state index contributed by atoms with van der Waals surface area (Å²) in [6, 6.07) is 10.9. The summed E-state index contributed by atoms with van der Waals surface area (Å²) < 4.78 is 0. The van der Waals surface area contributed by atoms with E-state index in [4.69, 9.17) is 0 Å². The van der Waals surface area contributed by atoms with Crippen LogP contribution in [-0.4, -0.2) is 25.5 Å². The lowest BCUT2D eigenvalue weighted by molar-refractivity contribution is 0.389. The number of rotatable bonds is 11. The van der Waals surface area contributed by atoms with E-state index < -0.39 is 0 Å². The number of benzene rings is 1. The summed E-state index contributed by atoms with van der Waals surface area (Å²) in [6.07, 6.45) is 12.5. The second kappa shape index (κ2) is 13.5. The van der Waals surface area contributed by atoms with Crippen molar-refractivity contribution in [2.45, 2.75) is 57.8 Å². The predicted octanol–water partition coefficient (Wildman–Crippen LogP) is 5.33. The molecular formula is C18H32ClN. The van der Waals surface area contributed by atoms with Crippen LogP contribution in [-0.2, 0) is 6.42 Å². The summed E-state index contributed by atoms with van der Waals surface area (Å²) in [6.45, 7) is 1.25. The largest absolute Gasteiger partial charge is 0.309 e. The Morgan fingerprint density at radius 2 is 1.20 bits per heavy atom. The summed E-state index contributed by atoms with van der Waals surface area (Å²) in [5, 5.41) is 0. The van der Waals surface area contributed by atoms with Crippen molar-refractivity contribution >= 4 is 12.4 Å². The molecule has 0 aliphatic heterocycles. The van der Waals surface area contributed by atoms with Crippen LogP contribution in [0.5, 0.6) is 0 Å². The monoisotopic (exact) mass is 297 g/mol. The third kappa shape index (κ3) is 11.3. The molecule has 1 aromatic carbocycles. The van der Waals surface area contributed by atoms with Crippen molar-refractivity contribution in [2.75, 3.05) is 20.6 Å². The lowest BCUT2D eigenvalue weighted by Crippen LogP contribution is -2.12. The Kier molecular flexibility index (Phi) is 13.1. The molecule has 20 heavy (non-hydrogen) atoms. The summed E-state index contributed by atoms with van der Waals surface area (Å²) in [5.41, 5.74) is 1.49. The fraction of sp³-hybridized carbons (Fsp3) is 0.667. The van der Waals surface area contributed by atoms with Gasteiger partial charge in [-0.3, -0.25) is 0 Å². The van der Waals surface area contributed by atoms with E-state index in [0.29, 0.717) is 0 Å². The van der Waals surface area contributed by atoms with Crippen molar-refractivity contribution in [3.63, 3.8) is 0 Å². The molecule has 1 rings (SSSR count). The first-order valence-electron chi connectivity index (χ1n) is 7.97. The highest BCUT2D eigenvalue weighted by Crippen LogP contribution is 2.11. The van der Waals surface area contributed by atoms with Crippen LogP contribution in [0.4, 0.5) is 0 Å². The van der Waals surface area contributed by atoms with Crippen LogP contribution in [0.2, 0.25) is 0 Å². The van der Waals surface area contributed by atoms with E-state index in [1.54, 1.807) is 0 Å². The first kappa shape index (κ1) is 19.5. The molecular weight excluding hydrogens is 266 g/mol. The van der Waals surface area contributed by atoms with Gasteiger partial charge in [0.15, 0.2) is 0 Å². The zero-order valence-corrected chi connectivity index (χ0v) is 14.1. The van der Waals surface area contributed by atoms with Crippen LogP contribution in [0.3, 0.4) is 0 Å². The zero-order valence-electron chi connectivity index (χ0n) is 13.3. The van der Waals surface area contributed by atoms with Gasteiger partial charge in [-0.15, -0.1) is 12.4 Å². The van der Waals surface area contributed by atoms with Crippen molar-refractivity contribution in [1.82, 2.24) is 4.90 Å². The molecule has 1 nitrogen and oxygen atoms in total. The Balaban J connectivity index is 0.00000361. The van der Waals surface area contributed by atoms with Gasteiger partial charge in [-0.2, -0.15) is 0 Å². The molecule has 1 aromatic rings. The average Bonchev–Trinajstić information content (AvgIpc) is 2.42. The Labute approximate surface area is 132 Å². The standard InChI is InChI=1S/C18H31N.ClH/c1-19(2)17-13-8-6-4-3-5-7-10-14-18-15-11-9-12-16-18;/h9,11-12,15-16H,3-8,10,13-14,17H2,1-2H3;1H. The van der Waals surface area contributed by atoms with Crippen molar-refractivity contribution in [1.29, 1.82) is 0 Å². The topological polar surface area (TPSA) is 3.24 Å². The first-order chi connectivity index (χ1) is 9.29. The highest BCUT2D eigenvalue weighted by atomic mass is 35.5. The minimum Gasteiger partial charge on any atom is -0.309 e. The van der Waals surface area contributed by atoms with E-state index in [1.807, 2.05) is 0 Å². The summed E-state index contributed by atoms with van der Waals surface area (Å²) in [5.74, 6) is 0. The second-order valence-corrected chi connectivity index (χ2v) is 5.87. The molecule has 0 spiro atoms. The molecule has 0 radical (unpaired) electrons. The van der Waals surface area contributed by atoms with Gasteiger partial charge in [0.1, 0.15) is 0 Å². The maximum absolute atomic E-state index is 2.28. The van der Waals surface area contributed by atoms with Gasteiger partial charge in [-0.05, 0) is 45.5 Å². The van der Waals surface area contributed by atoms with Crippen LogP contribution >= 0.6 is 12.4 Å². The maximum Gasteiger partial charge on any atom is -0.00248 e. The van der Waals surface area contributed by atoms with Gasteiger partial charge >= 0.3 is 0 Å². The third-order valence-electron chi connectivity index (χ3n) is 3.66. The number of unbranched alkanes of at least 4 members (excludes halogenated alkanes) is 7. The first-order valence-corrected chi connectivity index (χ1v) is 7.97. The quantitative estimate of drug-likeness (QED) is 0.499. The van der Waals surface area contributed by atoms with Gasteiger partial charge in [-0.1, -0.05) is 68.9 Å².